The van der Waals surface area contributed by atoms with Gasteiger partial charge in [-0.2, -0.15) is 0 Å². The van der Waals surface area contributed by atoms with Crippen LogP contribution in [0, 0.1) is 264 Å². The SMILES string of the molecule is OC[C@@H](O)[C@@H](O)[C@H](O)[C@H](O)CO.[Ar].[Ar].[Ar].[Ar].[Ar].[Ar].[Ar]. The molecule has 19 heavy (non-hydrogen) atoms. The Bertz CT molecular complexity index is 123. The van der Waals surface area contributed by atoms with Crippen LogP contribution in [0.5, 0.6) is 0 Å². The molecule has 0 saturated carbocycles. The molecule has 0 aromatic carbocycles. The molecule has 0 bridgehead atoms. The fourth-order valence-electron chi connectivity index (χ4n) is 0.671. The molecule has 130 valence electrons. The second-order valence-corrected chi connectivity index (χ2v) is 2.48. The van der Waals surface area contributed by atoms with E-state index in [9.17, 15) is 0 Å². The van der Waals surface area contributed by atoms with Gasteiger partial charge >= 0.3 is 0 Å². The van der Waals surface area contributed by atoms with Crippen molar-refractivity contribution in [3.63, 3.8) is 0 Å². The zero-order chi connectivity index (χ0) is 9.72. The second-order valence-electron chi connectivity index (χ2n) is 2.48. The van der Waals surface area contributed by atoms with Gasteiger partial charge in [-0.1, -0.05) is 0 Å². The largest absolute Gasteiger partial charge is 0.394 e. The normalized spacial score (nSPS) is 13.6. The Morgan fingerprint density at radius 2 is 0.632 bits per heavy atom. The zero-order valence-corrected chi connectivity index (χ0v) is 13.8. The summed E-state index contributed by atoms with van der Waals surface area (Å²) < 4.78 is 0. The summed E-state index contributed by atoms with van der Waals surface area (Å²) in [5.74, 6) is 0. The van der Waals surface area contributed by atoms with Gasteiger partial charge in [-0.25, -0.2) is 0 Å². The van der Waals surface area contributed by atoms with Crippen molar-refractivity contribution in [1.82, 2.24) is 0 Å². The van der Waals surface area contributed by atoms with E-state index in [1.165, 1.54) is 0 Å². The molecular formula is C6H14Ar7O6. The monoisotopic (exact) mass is 462 g/mol. The Balaban J connectivity index is -0.0000000288. The van der Waals surface area contributed by atoms with Gasteiger partial charge in [-0.15, -0.1) is 0 Å². The van der Waals surface area contributed by atoms with Gasteiger partial charge in [0.2, 0.25) is 0 Å². The number of aliphatic hydroxyl groups is 6. The van der Waals surface area contributed by atoms with Gasteiger partial charge in [-0.05, 0) is 0 Å². The number of rotatable bonds is 5. The van der Waals surface area contributed by atoms with E-state index in [0.717, 1.165) is 0 Å². The molecule has 0 saturated heterocycles. The van der Waals surface area contributed by atoms with Gasteiger partial charge in [0, 0.05) is 264 Å². The molecule has 13 heteroatoms. The van der Waals surface area contributed by atoms with Crippen LogP contribution in [0.1, 0.15) is 0 Å². The van der Waals surface area contributed by atoms with E-state index in [0.29, 0.717) is 0 Å². The van der Waals surface area contributed by atoms with E-state index in [1.54, 1.807) is 0 Å². The Hall–Kier alpha value is 8.58. The minimum atomic E-state index is -1.67. The van der Waals surface area contributed by atoms with Gasteiger partial charge in [0.1, 0.15) is 24.4 Å². The number of hydrogen-bond donors (Lipinski definition) is 6. The maximum atomic E-state index is 8.96. The van der Waals surface area contributed by atoms with Crippen molar-refractivity contribution in [3.8, 4) is 0 Å². The van der Waals surface area contributed by atoms with Crippen molar-refractivity contribution >= 4 is 0 Å². The molecule has 0 heterocycles. The molecule has 0 aromatic heterocycles. The first-order valence-electron chi connectivity index (χ1n) is 3.48. The summed E-state index contributed by atoms with van der Waals surface area (Å²) in [7, 11) is 0. The Morgan fingerprint density at radius 3 is 0.737 bits per heavy atom. The first-order valence-corrected chi connectivity index (χ1v) is 3.48. The molecule has 6 nitrogen and oxygen atoms in total. The molecule has 0 aliphatic heterocycles. The van der Waals surface area contributed by atoms with Gasteiger partial charge in [0.05, 0.1) is 13.2 Å². The average molecular weight is 462 g/mol. The molecule has 0 rings (SSSR count). The topological polar surface area (TPSA) is 121 Å². The minimum absolute atomic E-state index is 0. The molecular weight excluding hydrogens is 448 g/mol. The van der Waals surface area contributed by atoms with Crippen molar-refractivity contribution in [2.75, 3.05) is 13.2 Å². The molecule has 0 fully saturated rings. The first-order chi connectivity index (χ1) is 5.54. The molecule has 0 unspecified atom stereocenters. The van der Waals surface area contributed by atoms with Crippen molar-refractivity contribution in [2.45, 2.75) is 24.4 Å². The van der Waals surface area contributed by atoms with Crippen molar-refractivity contribution in [2.24, 2.45) is 0 Å². The molecule has 0 amide bonds. The van der Waals surface area contributed by atoms with E-state index < -0.39 is 37.6 Å². The summed E-state index contributed by atoms with van der Waals surface area (Å²) in [5.41, 5.74) is 0. The molecule has 0 aromatic rings. The van der Waals surface area contributed by atoms with Gasteiger partial charge < -0.3 is 30.6 Å². The summed E-state index contributed by atoms with van der Waals surface area (Å²) >= 11 is 0. The standard InChI is InChI=1S/C6H14O6.7Ar/c7-1-3(9)5(11)6(12)4(10)2-8;;;;;;;/h3-12H,1-2H2;;;;;;;/t3-,4-,5-,6-;;;;;;;/m1......./s1. The average Bonchev–Trinajstić information content (AvgIpc) is 2.12. The fraction of sp³-hybridized carbons (Fsp3) is 1.00. The van der Waals surface area contributed by atoms with E-state index in [4.69, 9.17) is 30.6 Å². The Labute approximate surface area is 322 Å². The third-order valence-corrected chi connectivity index (χ3v) is 1.51. The van der Waals surface area contributed by atoms with E-state index in [1.807, 2.05) is 0 Å². The van der Waals surface area contributed by atoms with Crippen molar-refractivity contribution in [3.05, 3.63) is 0 Å². The zero-order valence-electron chi connectivity index (χ0n) is 8.88. The maximum Gasteiger partial charge on any atom is 0.111 e. The van der Waals surface area contributed by atoms with Crippen LogP contribution in [-0.2, 0) is 0 Å². The fourth-order valence-corrected chi connectivity index (χ4v) is 0.671. The summed E-state index contributed by atoms with van der Waals surface area (Å²) in [6.45, 7) is -1.45. The van der Waals surface area contributed by atoms with Crippen LogP contribution < -0.4 is 0 Å². The summed E-state index contributed by atoms with van der Waals surface area (Å²) in [5, 5.41) is 52.2. The van der Waals surface area contributed by atoms with Crippen molar-refractivity contribution in [1.29, 1.82) is 0 Å². The van der Waals surface area contributed by atoms with Crippen LogP contribution in [0.25, 0.3) is 0 Å². The molecule has 4 atom stereocenters. The first kappa shape index (κ1) is 50.8. The summed E-state index contributed by atoms with van der Waals surface area (Å²) in [4.78, 5) is 0. The quantitative estimate of drug-likeness (QED) is 0.252. The predicted molar refractivity (Wildman–Crippen MR) is 38.2 cm³/mol. The van der Waals surface area contributed by atoms with Crippen LogP contribution in [0.15, 0.2) is 0 Å². The van der Waals surface area contributed by atoms with Crippen LogP contribution in [-0.4, -0.2) is 68.3 Å². The Kier molecular flexibility index (Phi) is 91.2. The van der Waals surface area contributed by atoms with E-state index in [-0.39, 0.29) is 264 Å². The Morgan fingerprint density at radius 1 is 0.474 bits per heavy atom. The number of hydrogen-bond acceptors (Lipinski definition) is 6. The maximum absolute atomic E-state index is 8.96. The predicted octanol–water partition coefficient (Wildman–Crippen LogP) is -3.59. The van der Waals surface area contributed by atoms with Crippen LogP contribution in [0.4, 0.5) is 0 Å². The molecule has 0 radical (unpaired) electrons. The summed E-state index contributed by atoms with van der Waals surface area (Å²) in [6, 6.07) is 0. The van der Waals surface area contributed by atoms with Gasteiger partial charge in [0.15, 0.2) is 0 Å². The second kappa shape index (κ2) is 34.1. The number of aliphatic hydroxyl groups excluding tert-OH is 6. The van der Waals surface area contributed by atoms with E-state index in [2.05, 4.69) is 0 Å². The third kappa shape index (κ3) is 26.6. The van der Waals surface area contributed by atoms with Crippen LogP contribution in [0.3, 0.4) is 0 Å². The van der Waals surface area contributed by atoms with Gasteiger partial charge in [0.25, 0.3) is 0 Å². The molecule has 0 aliphatic rings. The molecule has 0 aliphatic carbocycles. The molecule has 6 N–H and O–H groups in total. The molecule has 0 spiro atoms. The smallest absolute Gasteiger partial charge is 0.111 e. The third-order valence-electron chi connectivity index (χ3n) is 1.51. The van der Waals surface area contributed by atoms with E-state index >= 15 is 0 Å². The van der Waals surface area contributed by atoms with Crippen LogP contribution >= 0.6 is 0 Å². The van der Waals surface area contributed by atoms with Gasteiger partial charge in [-0.3, -0.25) is 0 Å². The summed E-state index contributed by atoms with van der Waals surface area (Å²) in [6.07, 6.45) is -6.39. The van der Waals surface area contributed by atoms with Crippen molar-refractivity contribution < 1.29 is 295 Å². The minimum Gasteiger partial charge on any atom is -0.394 e. The van der Waals surface area contributed by atoms with Crippen LogP contribution in [0.2, 0.25) is 0 Å².